The molecule has 0 fully saturated rings. The van der Waals surface area contributed by atoms with Crippen LogP contribution in [0, 0.1) is 0 Å². The lowest BCUT2D eigenvalue weighted by Gasteiger charge is -2.28. The zero-order chi connectivity index (χ0) is 21.6. The van der Waals surface area contributed by atoms with Gasteiger partial charge in [-0.15, -0.1) is 0 Å². The first-order valence-electron chi connectivity index (χ1n) is 9.73. The summed E-state index contributed by atoms with van der Waals surface area (Å²) in [6.07, 6.45) is 2.06. The van der Waals surface area contributed by atoms with Gasteiger partial charge in [0, 0.05) is 6.54 Å². The molecule has 0 radical (unpaired) electrons. The molecule has 1 N–H and O–H groups in total. The Balaban J connectivity index is 2.08. The van der Waals surface area contributed by atoms with E-state index >= 15 is 0 Å². The van der Waals surface area contributed by atoms with Gasteiger partial charge < -0.3 is 10.1 Å². The van der Waals surface area contributed by atoms with E-state index in [-0.39, 0.29) is 12.0 Å². The van der Waals surface area contributed by atoms with Gasteiger partial charge in [-0.3, -0.25) is 9.10 Å². The molecule has 0 heterocycles. The fourth-order valence-electron chi connectivity index (χ4n) is 2.98. The highest BCUT2D eigenvalue weighted by atomic mass is 32.2. The third-order valence-electron chi connectivity index (χ3n) is 4.45. The molecule has 7 heteroatoms. The molecule has 158 valence electrons. The topological polar surface area (TPSA) is 75.7 Å². The summed E-state index contributed by atoms with van der Waals surface area (Å²) >= 11 is 0. The van der Waals surface area contributed by atoms with Gasteiger partial charge in [-0.05, 0) is 62.6 Å². The quantitative estimate of drug-likeness (QED) is 0.676. The highest BCUT2D eigenvalue weighted by molar-refractivity contribution is 7.92. The molecule has 6 nitrogen and oxygen atoms in total. The van der Waals surface area contributed by atoms with Crippen LogP contribution in [0.5, 0.6) is 5.75 Å². The van der Waals surface area contributed by atoms with Gasteiger partial charge in [0.2, 0.25) is 15.9 Å². The van der Waals surface area contributed by atoms with Crippen LogP contribution >= 0.6 is 0 Å². The third kappa shape index (κ3) is 6.49. The van der Waals surface area contributed by atoms with Crippen LogP contribution in [0.3, 0.4) is 0 Å². The Morgan fingerprint density at radius 2 is 1.55 bits per heavy atom. The van der Waals surface area contributed by atoms with Crippen LogP contribution in [0.25, 0.3) is 0 Å². The molecule has 0 bridgehead atoms. The van der Waals surface area contributed by atoms with Gasteiger partial charge in [-0.1, -0.05) is 31.2 Å². The Kier molecular flexibility index (Phi) is 7.67. The van der Waals surface area contributed by atoms with Gasteiger partial charge in [0.15, 0.2) is 0 Å². The number of carbonyl (C=O) groups excluding carboxylic acids is 1. The maximum atomic E-state index is 12.7. The van der Waals surface area contributed by atoms with Crippen molar-refractivity contribution in [1.29, 1.82) is 0 Å². The number of sulfonamides is 1. The largest absolute Gasteiger partial charge is 0.491 e. The first-order valence-corrected chi connectivity index (χ1v) is 11.6. The molecule has 1 atom stereocenters. The van der Waals surface area contributed by atoms with Gasteiger partial charge in [0.25, 0.3) is 0 Å². The molecule has 0 aliphatic carbocycles. The maximum Gasteiger partial charge on any atom is 0.243 e. The van der Waals surface area contributed by atoms with Gasteiger partial charge in [-0.25, -0.2) is 8.42 Å². The highest BCUT2D eigenvalue weighted by Gasteiger charge is 2.28. The Labute approximate surface area is 173 Å². The molecule has 0 aliphatic heterocycles. The van der Waals surface area contributed by atoms with E-state index in [4.69, 9.17) is 4.74 Å². The molecule has 0 saturated heterocycles. The Hall–Kier alpha value is -2.54. The van der Waals surface area contributed by atoms with Crippen molar-refractivity contribution in [1.82, 2.24) is 5.32 Å². The number of benzene rings is 2. The second-order valence-electron chi connectivity index (χ2n) is 7.28. The monoisotopic (exact) mass is 418 g/mol. The molecule has 0 spiro atoms. The maximum absolute atomic E-state index is 12.7. The van der Waals surface area contributed by atoms with Crippen LogP contribution < -0.4 is 14.4 Å². The highest BCUT2D eigenvalue weighted by Crippen LogP contribution is 2.22. The van der Waals surface area contributed by atoms with Crippen LogP contribution in [0.1, 0.15) is 38.8 Å². The summed E-state index contributed by atoms with van der Waals surface area (Å²) in [7, 11) is -3.63. The number of rotatable bonds is 9. The van der Waals surface area contributed by atoms with Gasteiger partial charge >= 0.3 is 0 Å². The minimum Gasteiger partial charge on any atom is -0.491 e. The zero-order valence-electron chi connectivity index (χ0n) is 17.7. The van der Waals surface area contributed by atoms with E-state index in [9.17, 15) is 13.2 Å². The van der Waals surface area contributed by atoms with Crippen molar-refractivity contribution < 1.29 is 17.9 Å². The number of anilines is 1. The van der Waals surface area contributed by atoms with E-state index in [1.807, 2.05) is 57.2 Å². The van der Waals surface area contributed by atoms with E-state index in [2.05, 4.69) is 5.32 Å². The number of amides is 1. The smallest absolute Gasteiger partial charge is 0.243 e. The number of ether oxygens (including phenoxy) is 1. The minimum absolute atomic E-state index is 0.0924. The summed E-state index contributed by atoms with van der Waals surface area (Å²) in [6.45, 7) is 7.83. The van der Waals surface area contributed by atoms with E-state index in [0.717, 1.165) is 33.9 Å². The fraction of sp³-hybridized carbons (Fsp3) is 0.409. The Bertz CT molecular complexity index is 907. The first kappa shape index (κ1) is 22.7. The summed E-state index contributed by atoms with van der Waals surface area (Å²) in [6, 6.07) is 13.8. The molecule has 0 aliphatic rings. The molecular formula is C22H30N2O4S. The second-order valence-corrected chi connectivity index (χ2v) is 9.14. The molecule has 0 aromatic heterocycles. The SMILES string of the molecule is CCc1ccc(N([C@@H](C)C(=O)NCc2ccc(OC(C)C)cc2)S(C)(=O)=O)cc1. The number of nitrogens with zero attached hydrogens (tertiary/aromatic N) is 1. The first-order chi connectivity index (χ1) is 13.6. The summed E-state index contributed by atoms with van der Waals surface area (Å²) in [5.74, 6) is 0.403. The average Bonchev–Trinajstić information content (AvgIpc) is 2.66. The van der Waals surface area contributed by atoms with Crippen molar-refractivity contribution in [3.63, 3.8) is 0 Å². The number of carbonyl (C=O) groups is 1. The van der Waals surface area contributed by atoms with Crippen LogP contribution in [-0.2, 0) is 27.8 Å². The molecule has 1 amide bonds. The lowest BCUT2D eigenvalue weighted by Crippen LogP contribution is -2.47. The van der Waals surface area contributed by atoms with Crippen molar-refractivity contribution in [3.8, 4) is 5.75 Å². The number of hydrogen-bond acceptors (Lipinski definition) is 4. The predicted molar refractivity (Wildman–Crippen MR) is 117 cm³/mol. The predicted octanol–water partition coefficient (Wildman–Crippen LogP) is 3.51. The molecule has 0 saturated carbocycles. The molecular weight excluding hydrogens is 388 g/mol. The van der Waals surface area contributed by atoms with Crippen molar-refractivity contribution in [3.05, 3.63) is 59.7 Å². The molecule has 2 aromatic carbocycles. The standard InChI is InChI=1S/C22H30N2O4S/c1-6-18-7-11-20(12-8-18)24(29(5,26)27)17(4)22(25)23-15-19-9-13-21(14-10-19)28-16(2)3/h7-14,16-17H,6,15H2,1-5H3,(H,23,25)/t17-/m0/s1. The van der Waals surface area contributed by atoms with Gasteiger partial charge in [0.1, 0.15) is 11.8 Å². The number of hydrogen-bond donors (Lipinski definition) is 1. The average molecular weight is 419 g/mol. The van der Waals surface area contributed by atoms with Crippen LogP contribution in [0.2, 0.25) is 0 Å². The van der Waals surface area contributed by atoms with Crippen LogP contribution in [-0.4, -0.2) is 32.7 Å². The van der Waals surface area contributed by atoms with Gasteiger partial charge in [0.05, 0.1) is 18.0 Å². The molecule has 29 heavy (non-hydrogen) atoms. The van der Waals surface area contributed by atoms with E-state index in [1.165, 1.54) is 0 Å². The molecule has 0 unspecified atom stereocenters. The van der Waals surface area contributed by atoms with E-state index in [0.29, 0.717) is 12.2 Å². The summed E-state index contributed by atoms with van der Waals surface area (Å²) < 4.78 is 31.5. The minimum atomic E-state index is -3.63. The molecule has 2 rings (SSSR count). The van der Waals surface area contributed by atoms with Crippen molar-refractivity contribution in [2.45, 2.75) is 52.8 Å². The van der Waals surface area contributed by atoms with Crippen molar-refractivity contribution in [2.24, 2.45) is 0 Å². The number of aryl methyl sites for hydroxylation is 1. The van der Waals surface area contributed by atoms with Gasteiger partial charge in [-0.2, -0.15) is 0 Å². The normalized spacial score (nSPS) is 12.5. The fourth-order valence-corrected chi connectivity index (χ4v) is 4.16. The lowest BCUT2D eigenvalue weighted by molar-refractivity contribution is -0.122. The zero-order valence-corrected chi connectivity index (χ0v) is 18.5. The lowest BCUT2D eigenvalue weighted by atomic mass is 10.1. The Morgan fingerprint density at radius 3 is 2.03 bits per heavy atom. The third-order valence-corrected chi connectivity index (χ3v) is 5.69. The second kappa shape index (κ2) is 9.78. The number of nitrogens with one attached hydrogen (secondary N) is 1. The van der Waals surface area contributed by atoms with E-state index < -0.39 is 16.1 Å². The van der Waals surface area contributed by atoms with Crippen LogP contribution in [0.15, 0.2) is 48.5 Å². The molecule has 2 aromatic rings. The summed E-state index contributed by atoms with van der Waals surface area (Å²) in [4.78, 5) is 12.7. The Morgan fingerprint density at radius 1 is 1.00 bits per heavy atom. The van der Waals surface area contributed by atoms with Crippen molar-refractivity contribution in [2.75, 3.05) is 10.6 Å². The summed E-state index contributed by atoms with van der Waals surface area (Å²) in [5.41, 5.74) is 2.48. The van der Waals surface area contributed by atoms with Crippen molar-refractivity contribution >= 4 is 21.6 Å². The van der Waals surface area contributed by atoms with E-state index in [1.54, 1.807) is 19.1 Å². The summed E-state index contributed by atoms with van der Waals surface area (Å²) in [5, 5.41) is 2.82. The van der Waals surface area contributed by atoms with Crippen LogP contribution in [0.4, 0.5) is 5.69 Å².